The number of carbonyl (C=O) groups is 1. The van der Waals surface area contributed by atoms with Gasteiger partial charge in [0.05, 0.1) is 42.7 Å². The van der Waals surface area contributed by atoms with E-state index in [0.717, 1.165) is 33.5 Å². The van der Waals surface area contributed by atoms with Crippen molar-refractivity contribution in [2.75, 3.05) is 26.8 Å². The molecule has 10 nitrogen and oxygen atoms in total. The highest BCUT2D eigenvalue weighted by Gasteiger charge is 2.30. The Hall–Kier alpha value is -3.66. The topological polar surface area (TPSA) is 107 Å². The van der Waals surface area contributed by atoms with Gasteiger partial charge in [0.1, 0.15) is 18.0 Å². The zero-order valence-corrected chi connectivity index (χ0v) is 21.5. The van der Waals surface area contributed by atoms with E-state index in [2.05, 4.69) is 28.9 Å². The van der Waals surface area contributed by atoms with Gasteiger partial charge in [-0.25, -0.2) is 19.3 Å². The van der Waals surface area contributed by atoms with E-state index in [1.807, 2.05) is 45.2 Å². The van der Waals surface area contributed by atoms with Crippen LogP contribution >= 0.6 is 0 Å². The summed E-state index contributed by atoms with van der Waals surface area (Å²) in [5, 5.41) is 4.30. The number of methoxy groups -OCH3 is 1. The third-order valence-corrected chi connectivity index (χ3v) is 6.18. The van der Waals surface area contributed by atoms with Crippen molar-refractivity contribution in [1.29, 1.82) is 0 Å². The smallest absolute Gasteiger partial charge is 0.410 e. The Morgan fingerprint density at radius 1 is 1.28 bits per heavy atom. The Labute approximate surface area is 209 Å². The first-order chi connectivity index (χ1) is 17.1. The van der Waals surface area contributed by atoms with Crippen LogP contribution in [0.15, 0.2) is 30.7 Å². The quantitative estimate of drug-likeness (QED) is 0.439. The molecule has 36 heavy (non-hydrogen) atoms. The second kappa shape index (κ2) is 9.09. The van der Waals surface area contributed by atoms with Crippen molar-refractivity contribution in [1.82, 2.24) is 29.5 Å². The van der Waals surface area contributed by atoms with E-state index in [1.54, 1.807) is 16.5 Å². The van der Waals surface area contributed by atoms with Crippen LogP contribution in [-0.2, 0) is 9.47 Å². The molecule has 5 heterocycles. The van der Waals surface area contributed by atoms with E-state index >= 15 is 0 Å². The molecule has 0 saturated carbocycles. The van der Waals surface area contributed by atoms with E-state index in [1.165, 1.54) is 6.33 Å². The summed E-state index contributed by atoms with van der Waals surface area (Å²) in [6, 6.07) is 5.94. The molecule has 0 bridgehead atoms. The minimum absolute atomic E-state index is 0.194. The number of rotatable bonds is 4. The summed E-state index contributed by atoms with van der Waals surface area (Å²) in [7, 11) is 1.63. The first-order valence-electron chi connectivity index (χ1n) is 12.1. The lowest BCUT2D eigenvalue weighted by Crippen LogP contribution is -2.44. The van der Waals surface area contributed by atoms with Crippen molar-refractivity contribution in [2.45, 2.75) is 52.2 Å². The van der Waals surface area contributed by atoms with Gasteiger partial charge in [-0.3, -0.25) is 0 Å². The molecule has 0 aromatic carbocycles. The molecule has 1 aliphatic heterocycles. The van der Waals surface area contributed by atoms with Gasteiger partial charge >= 0.3 is 6.09 Å². The van der Waals surface area contributed by atoms with Crippen LogP contribution in [0, 0.1) is 0 Å². The molecule has 4 aromatic heterocycles. The molecule has 5 rings (SSSR count). The summed E-state index contributed by atoms with van der Waals surface area (Å²) in [5.74, 6) is 0.837. The van der Waals surface area contributed by atoms with Crippen molar-refractivity contribution in [3.05, 3.63) is 42.0 Å². The molecule has 1 saturated heterocycles. The molecule has 1 unspecified atom stereocenters. The highest BCUT2D eigenvalue weighted by Crippen LogP contribution is 2.37. The monoisotopic (exact) mass is 492 g/mol. The number of fused-ring (bicyclic) bond motifs is 2. The Balaban J connectivity index is 1.52. The van der Waals surface area contributed by atoms with E-state index in [-0.39, 0.29) is 18.1 Å². The summed E-state index contributed by atoms with van der Waals surface area (Å²) in [6.07, 6.45) is 2.78. The van der Waals surface area contributed by atoms with Crippen LogP contribution in [0.3, 0.4) is 0 Å². The van der Waals surface area contributed by atoms with Gasteiger partial charge in [0.15, 0.2) is 11.4 Å². The summed E-state index contributed by atoms with van der Waals surface area (Å²) < 4.78 is 18.9. The third kappa shape index (κ3) is 4.48. The van der Waals surface area contributed by atoms with Crippen molar-refractivity contribution in [3.8, 4) is 17.0 Å². The molecule has 1 atom stereocenters. The number of hydrogen-bond acceptors (Lipinski definition) is 7. The minimum Gasteiger partial charge on any atom is -0.493 e. The predicted octanol–water partition coefficient (Wildman–Crippen LogP) is 4.71. The lowest BCUT2D eigenvalue weighted by Gasteiger charge is -2.34. The van der Waals surface area contributed by atoms with Crippen molar-refractivity contribution < 1.29 is 19.0 Å². The molecule has 0 aliphatic carbocycles. The number of aromatic amines is 1. The number of morpholine rings is 1. The van der Waals surface area contributed by atoms with Crippen LogP contribution < -0.4 is 4.74 Å². The lowest BCUT2D eigenvalue weighted by atomic mass is 9.98. The largest absolute Gasteiger partial charge is 0.493 e. The summed E-state index contributed by atoms with van der Waals surface area (Å²) in [6.45, 7) is 11.2. The number of aromatic nitrogens is 5. The molecule has 190 valence electrons. The summed E-state index contributed by atoms with van der Waals surface area (Å²) in [5.41, 5.74) is 5.68. The Morgan fingerprint density at radius 3 is 2.81 bits per heavy atom. The standard InChI is InChI=1S/C26H32N6O4/c1-15(2)21-22(16-11-19(34-6)24-27-14-28-32(24)12-16)30-18-8-7-17(29-23(18)21)20-13-31(9-10-35-20)25(33)36-26(3,4)5/h7-8,11-12,14-15,20,30H,9-10,13H2,1-6H3. The third-order valence-electron chi connectivity index (χ3n) is 6.18. The molecular formula is C26H32N6O4. The molecule has 4 aromatic rings. The van der Waals surface area contributed by atoms with Crippen LogP contribution in [0.2, 0.25) is 0 Å². The van der Waals surface area contributed by atoms with Crippen molar-refractivity contribution >= 4 is 22.8 Å². The highest BCUT2D eigenvalue weighted by molar-refractivity contribution is 5.89. The number of H-pyrrole nitrogens is 1. The number of ether oxygens (including phenoxy) is 3. The van der Waals surface area contributed by atoms with Gasteiger partial charge in [0.2, 0.25) is 0 Å². The maximum absolute atomic E-state index is 12.6. The zero-order chi connectivity index (χ0) is 25.6. The number of nitrogens with zero attached hydrogens (tertiary/aromatic N) is 5. The Kier molecular flexibility index (Phi) is 6.07. The molecule has 10 heteroatoms. The number of pyridine rings is 2. The predicted molar refractivity (Wildman–Crippen MR) is 135 cm³/mol. The summed E-state index contributed by atoms with van der Waals surface area (Å²) >= 11 is 0. The van der Waals surface area contributed by atoms with Crippen molar-refractivity contribution in [3.63, 3.8) is 0 Å². The van der Waals surface area contributed by atoms with Gasteiger partial charge in [-0.1, -0.05) is 13.8 Å². The highest BCUT2D eigenvalue weighted by atomic mass is 16.6. The van der Waals surface area contributed by atoms with Gasteiger partial charge in [-0.05, 0) is 44.9 Å². The van der Waals surface area contributed by atoms with Gasteiger partial charge in [-0.15, -0.1) is 0 Å². The molecular weight excluding hydrogens is 460 g/mol. The fourth-order valence-electron chi connectivity index (χ4n) is 4.57. The fraction of sp³-hybridized carbons (Fsp3) is 0.462. The van der Waals surface area contributed by atoms with Crippen LogP contribution in [-0.4, -0.2) is 68.0 Å². The lowest BCUT2D eigenvalue weighted by molar-refractivity contribution is -0.0446. The minimum atomic E-state index is -0.548. The first kappa shape index (κ1) is 24.1. The fourth-order valence-corrected chi connectivity index (χ4v) is 4.57. The Morgan fingerprint density at radius 2 is 2.08 bits per heavy atom. The van der Waals surface area contributed by atoms with Gasteiger partial charge in [0, 0.05) is 23.9 Å². The molecule has 1 fully saturated rings. The van der Waals surface area contributed by atoms with E-state index in [4.69, 9.17) is 19.2 Å². The second-order valence-corrected chi connectivity index (χ2v) is 10.3. The SMILES string of the molecule is COc1cc(-c2[nH]c3ccc(C4CN(C(=O)OC(C)(C)C)CCO4)nc3c2C(C)C)cn2ncnc12. The van der Waals surface area contributed by atoms with E-state index < -0.39 is 5.60 Å². The van der Waals surface area contributed by atoms with Crippen molar-refractivity contribution in [2.24, 2.45) is 0 Å². The van der Waals surface area contributed by atoms with Crippen LogP contribution in [0.4, 0.5) is 4.79 Å². The van der Waals surface area contributed by atoms with Gasteiger partial charge < -0.3 is 24.1 Å². The zero-order valence-electron chi connectivity index (χ0n) is 21.5. The molecule has 1 N–H and O–H groups in total. The molecule has 1 amide bonds. The first-order valence-corrected chi connectivity index (χ1v) is 12.1. The number of amides is 1. The Bertz CT molecular complexity index is 1420. The van der Waals surface area contributed by atoms with Gasteiger partial charge in [-0.2, -0.15) is 5.10 Å². The summed E-state index contributed by atoms with van der Waals surface area (Å²) in [4.78, 5) is 27.2. The average molecular weight is 493 g/mol. The number of hydrogen-bond donors (Lipinski definition) is 1. The maximum atomic E-state index is 12.6. The number of carbonyl (C=O) groups excluding carboxylic acids is 1. The van der Waals surface area contributed by atoms with Crippen LogP contribution in [0.1, 0.15) is 57.9 Å². The second-order valence-electron chi connectivity index (χ2n) is 10.3. The van der Waals surface area contributed by atoms with E-state index in [9.17, 15) is 4.79 Å². The molecule has 0 spiro atoms. The van der Waals surface area contributed by atoms with Crippen LogP contribution in [0.25, 0.3) is 27.9 Å². The molecule has 1 aliphatic rings. The van der Waals surface area contributed by atoms with Gasteiger partial charge in [0.25, 0.3) is 0 Å². The average Bonchev–Trinajstić information content (AvgIpc) is 3.46. The van der Waals surface area contributed by atoms with Crippen LogP contribution in [0.5, 0.6) is 5.75 Å². The maximum Gasteiger partial charge on any atom is 0.410 e. The number of nitrogens with one attached hydrogen (secondary N) is 1. The van der Waals surface area contributed by atoms with E-state index in [0.29, 0.717) is 31.1 Å². The molecule has 0 radical (unpaired) electrons. The normalized spacial score (nSPS) is 16.8.